The largest absolute Gasteiger partial charge is 0.497 e. The summed E-state index contributed by atoms with van der Waals surface area (Å²) in [6.45, 7) is 4.10. The molecule has 1 aromatic heterocycles. The first-order valence-corrected chi connectivity index (χ1v) is 9.79. The van der Waals surface area contributed by atoms with E-state index >= 15 is 0 Å². The fourth-order valence-electron chi connectivity index (χ4n) is 3.36. The van der Waals surface area contributed by atoms with Gasteiger partial charge >= 0.3 is 5.97 Å². The van der Waals surface area contributed by atoms with Crippen LogP contribution < -0.4 is 14.9 Å². The number of para-hydroxylation sites is 1. The molecule has 0 bridgehead atoms. The van der Waals surface area contributed by atoms with Crippen molar-refractivity contribution in [2.75, 3.05) is 20.8 Å². The number of nitrogens with zero attached hydrogens (tertiary/aromatic N) is 2. The standard InChI is InChI=1S/C23H25N3O5/c1-5-31-22(27)14-26-15(2)19(17-8-6-7-9-20(17)26)13-24-25-23(28)18-11-10-16(29-3)12-21(18)30-4/h6-13H,5,14H2,1-4H3,(H,25,28). The van der Waals surface area contributed by atoms with Crippen LogP contribution in [-0.4, -0.2) is 43.5 Å². The molecule has 1 amide bonds. The van der Waals surface area contributed by atoms with Crippen molar-refractivity contribution in [1.29, 1.82) is 0 Å². The lowest BCUT2D eigenvalue weighted by Gasteiger charge is -2.09. The Morgan fingerprint density at radius 3 is 2.61 bits per heavy atom. The SMILES string of the molecule is CCOC(=O)Cn1c(C)c(C=NNC(=O)c2ccc(OC)cc2OC)c2ccccc21. The number of hydrogen-bond donors (Lipinski definition) is 1. The van der Waals surface area contributed by atoms with Gasteiger partial charge in [-0.3, -0.25) is 9.59 Å². The van der Waals surface area contributed by atoms with Gasteiger partial charge in [0.25, 0.3) is 5.91 Å². The molecule has 31 heavy (non-hydrogen) atoms. The lowest BCUT2D eigenvalue weighted by atomic mass is 10.1. The van der Waals surface area contributed by atoms with Gasteiger partial charge in [-0.05, 0) is 32.0 Å². The highest BCUT2D eigenvalue weighted by atomic mass is 16.5. The summed E-state index contributed by atoms with van der Waals surface area (Å²) in [7, 11) is 3.02. The molecule has 3 aromatic rings. The summed E-state index contributed by atoms with van der Waals surface area (Å²) in [5.41, 5.74) is 5.40. The number of nitrogens with one attached hydrogen (secondary N) is 1. The van der Waals surface area contributed by atoms with Crippen LogP contribution in [0.25, 0.3) is 10.9 Å². The third-order valence-electron chi connectivity index (χ3n) is 4.89. The quantitative estimate of drug-likeness (QED) is 0.341. The Kier molecular flexibility index (Phi) is 6.92. The zero-order chi connectivity index (χ0) is 22.4. The zero-order valence-electron chi connectivity index (χ0n) is 18.0. The van der Waals surface area contributed by atoms with E-state index in [0.29, 0.717) is 23.7 Å². The van der Waals surface area contributed by atoms with Gasteiger partial charge in [-0.2, -0.15) is 5.10 Å². The van der Waals surface area contributed by atoms with Crippen LogP contribution in [-0.2, 0) is 16.1 Å². The van der Waals surface area contributed by atoms with Gasteiger partial charge in [-0.15, -0.1) is 0 Å². The minimum atomic E-state index is -0.413. The minimum absolute atomic E-state index is 0.101. The summed E-state index contributed by atoms with van der Waals surface area (Å²) in [5.74, 6) is 0.245. The molecule has 1 heterocycles. The Morgan fingerprint density at radius 2 is 1.90 bits per heavy atom. The number of rotatable bonds is 8. The van der Waals surface area contributed by atoms with Crippen molar-refractivity contribution in [3.63, 3.8) is 0 Å². The Balaban J connectivity index is 1.86. The van der Waals surface area contributed by atoms with Gasteiger partial charge in [-0.25, -0.2) is 5.43 Å². The number of methoxy groups -OCH3 is 2. The molecule has 2 aromatic carbocycles. The average molecular weight is 423 g/mol. The average Bonchev–Trinajstić information content (AvgIpc) is 3.04. The molecule has 162 valence electrons. The molecule has 3 rings (SSSR count). The van der Waals surface area contributed by atoms with Crippen molar-refractivity contribution in [3.8, 4) is 11.5 Å². The second-order valence-electron chi connectivity index (χ2n) is 6.67. The van der Waals surface area contributed by atoms with Crippen molar-refractivity contribution >= 4 is 29.0 Å². The smallest absolute Gasteiger partial charge is 0.325 e. The van der Waals surface area contributed by atoms with Crippen LogP contribution in [0.15, 0.2) is 47.6 Å². The number of carbonyl (C=O) groups is 2. The summed E-state index contributed by atoms with van der Waals surface area (Å²) in [5, 5.41) is 5.06. The molecule has 0 saturated heterocycles. The van der Waals surface area contributed by atoms with E-state index in [4.69, 9.17) is 14.2 Å². The fourth-order valence-corrected chi connectivity index (χ4v) is 3.36. The van der Waals surface area contributed by atoms with Crippen LogP contribution in [0.5, 0.6) is 11.5 Å². The van der Waals surface area contributed by atoms with E-state index in [1.54, 1.807) is 38.4 Å². The van der Waals surface area contributed by atoms with Crippen molar-refractivity contribution in [1.82, 2.24) is 9.99 Å². The monoisotopic (exact) mass is 423 g/mol. The predicted molar refractivity (Wildman–Crippen MR) is 118 cm³/mol. The van der Waals surface area contributed by atoms with Crippen LogP contribution in [0, 0.1) is 6.92 Å². The molecule has 0 fully saturated rings. The Labute approximate surface area is 180 Å². The molecular weight excluding hydrogens is 398 g/mol. The predicted octanol–water partition coefficient (Wildman–Crippen LogP) is 3.29. The molecule has 0 unspecified atom stereocenters. The van der Waals surface area contributed by atoms with Crippen molar-refractivity contribution in [2.24, 2.45) is 5.10 Å². The molecule has 1 N–H and O–H groups in total. The summed E-state index contributed by atoms with van der Waals surface area (Å²) in [6, 6.07) is 12.6. The molecule has 8 heteroatoms. The van der Waals surface area contributed by atoms with Gasteiger partial charge in [-0.1, -0.05) is 18.2 Å². The second-order valence-corrected chi connectivity index (χ2v) is 6.67. The fraction of sp³-hybridized carbons (Fsp3) is 0.261. The van der Waals surface area contributed by atoms with E-state index in [9.17, 15) is 9.59 Å². The Bertz CT molecular complexity index is 1130. The molecule has 0 atom stereocenters. The maximum Gasteiger partial charge on any atom is 0.325 e. The Hall–Kier alpha value is -3.81. The van der Waals surface area contributed by atoms with E-state index in [2.05, 4.69) is 10.5 Å². The number of amides is 1. The normalized spacial score (nSPS) is 11.0. The number of hydrazone groups is 1. The Morgan fingerprint density at radius 1 is 1.13 bits per heavy atom. The van der Waals surface area contributed by atoms with E-state index in [-0.39, 0.29) is 12.5 Å². The molecule has 0 saturated carbocycles. The number of carbonyl (C=O) groups excluding carboxylic acids is 2. The second kappa shape index (κ2) is 9.80. The summed E-state index contributed by atoms with van der Waals surface area (Å²) >= 11 is 0. The van der Waals surface area contributed by atoms with E-state index in [1.165, 1.54) is 7.11 Å². The number of ether oxygens (including phenoxy) is 3. The lowest BCUT2D eigenvalue weighted by Crippen LogP contribution is -2.18. The van der Waals surface area contributed by atoms with Crippen molar-refractivity contribution in [3.05, 3.63) is 59.3 Å². The van der Waals surface area contributed by atoms with E-state index in [0.717, 1.165) is 22.2 Å². The topological polar surface area (TPSA) is 91.2 Å². The maximum atomic E-state index is 12.6. The highest BCUT2D eigenvalue weighted by Gasteiger charge is 2.16. The van der Waals surface area contributed by atoms with Gasteiger partial charge in [0.15, 0.2) is 0 Å². The van der Waals surface area contributed by atoms with Gasteiger partial charge in [0.05, 0.1) is 32.6 Å². The molecule has 8 nitrogen and oxygen atoms in total. The highest BCUT2D eigenvalue weighted by Crippen LogP contribution is 2.26. The number of esters is 1. The summed E-state index contributed by atoms with van der Waals surface area (Å²) < 4.78 is 17.4. The first-order chi connectivity index (χ1) is 15.0. The van der Waals surface area contributed by atoms with E-state index in [1.807, 2.05) is 35.8 Å². The van der Waals surface area contributed by atoms with E-state index < -0.39 is 5.91 Å². The van der Waals surface area contributed by atoms with Gasteiger partial charge in [0.2, 0.25) is 0 Å². The summed E-state index contributed by atoms with van der Waals surface area (Å²) in [4.78, 5) is 24.6. The van der Waals surface area contributed by atoms with Crippen LogP contribution in [0.4, 0.5) is 0 Å². The van der Waals surface area contributed by atoms with Crippen LogP contribution in [0.3, 0.4) is 0 Å². The number of benzene rings is 2. The third-order valence-corrected chi connectivity index (χ3v) is 4.89. The molecule has 0 spiro atoms. The summed E-state index contributed by atoms with van der Waals surface area (Å²) in [6.07, 6.45) is 1.58. The van der Waals surface area contributed by atoms with Gasteiger partial charge in [0.1, 0.15) is 18.0 Å². The lowest BCUT2D eigenvalue weighted by molar-refractivity contribution is -0.143. The van der Waals surface area contributed by atoms with Gasteiger partial charge in [0, 0.05) is 28.2 Å². The molecular formula is C23H25N3O5. The van der Waals surface area contributed by atoms with Crippen molar-refractivity contribution < 1.29 is 23.8 Å². The third kappa shape index (κ3) is 4.69. The molecule has 0 aliphatic rings. The number of aromatic nitrogens is 1. The first kappa shape index (κ1) is 21.9. The number of fused-ring (bicyclic) bond motifs is 1. The van der Waals surface area contributed by atoms with Crippen LogP contribution >= 0.6 is 0 Å². The molecule has 0 aliphatic heterocycles. The highest BCUT2D eigenvalue weighted by molar-refractivity contribution is 6.02. The van der Waals surface area contributed by atoms with Gasteiger partial charge < -0.3 is 18.8 Å². The number of hydrogen-bond acceptors (Lipinski definition) is 6. The van der Waals surface area contributed by atoms with Crippen molar-refractivity contribution in [2.45, 2.75) is 20.4 Å². The van der Waals surface area contributed by atoms with Crippen LogP contribution in [0.1, 0.15) is 28.5 Å². The van der Waals surface area contributed by atoms with Crippen LogP contribution in [0.2, 0.25) is 0 Å². The minimum Gasteiger partial charge on any atom is -0.497 e. The first-order valence-electron chi connectivity index (χ1n) is 9.79. The molecule has 0 radical (unpaired) electrons. The maximum absolute atomic E-state index is 12.6. The zero-order valence-corrected chi connectivity index (χ0v) is 18.0. The molecule has 0 aliphatic carbocycles.